The van der Waals surface area contributed by atoms with E-state index < -0.39 is 17.2 Å². The summed E-state index contributed by atoms with van der Waals surface area (Å²) in [5, 5.41) is 25.2. The monoisotopic (exact) mass is 407 g/mol. The fraction of sp³-hybridized carbons (Fsp3) is 0.478. The molecule has 3 N–H and O–H groups in total. The van der Waals surface area contributed by atoms with Crippen LogP contribution in [0.5, 0.6) is 11.5 Å². The van der Waals surface area contributed by atoms with Crippen molar-refractivity contribution in [3.8, 4) is 11.5 Å². The quantitative estimate of drug-likeness (QED) is 0.655. The molecule has 2 aromatic rings. The lowest BCUT2D eigenvalue weighted by molar-refractivity contribution is -0.166. The predicted molar refractivity (Wildman–Crippen MR) is 108 cm³/mol. The van der Waals surface area contributed by atoms with Crippen molar-refractivity contribution in [2.75, 3.05) is 13.6 Å². The van der Waals surface area contributed by atoms with Gasteiger partial charge in [0.1, 0.15) is 0 Å². The first-order valence-corrected chi connectivity index (χ1v) is 10.6. The van der Waals surface area contributed by atoms with Crippen LogP contribution in [0.1, 0.15) is 40.7 Å². The second kappa shape index (κ2) is 5.95. The Hall–Kier alpha value is -2.64. The summed E-state index contributed by atoms with van der Waals surface area (Å²) in [7, 11) is 2.17. The Bertz CT molecular complexity index is 1040. The Balaban J connectivity index is 1.46. The van der Waals surface area contributed by atoms with Crippen molar-refractivity contribution in [1.29, 1.82) is 0 Å². The number of phenols is 1. The first kappa shape index (κ1) is 18.2. The molecule has 2 aliphatic carbocycles. The summed E-state index contributed by atoms with van der Waals surface area (Å²) in [6.45, 7) is 0.891. The van der Waals surface area contributed by atoms with Crippen molar-refractivity contribution >= 4 is 5.91 Å². The van der Waals surface area contributed by atoms with Crippen molar-refractivity contribution in [1.82, 2.24) is 15.2 Å². The van der Waals surface area contributed by atoms with Gasteiger partial charge in [0.05, 0.1) is 5.56 Å². The van der Waals surface area contributed by atoms with E-state index >= 15 is 0 Å². The second-order valence-corrected chi connectivity index (χ2v) is 9.25. The van der Waals surface area contributed by atoms with Gasteiger partial charge in [-0.2, -0.15) is 0 Å². The van der Waals surface area contributed by atoms with E-state index in [1.165, 1.54) is 11.8 Å². The van der Waals surface area contributed by atoms with Crippen LogP contribution in [0.2, 0.25) is 0 Å². The number of aromatic hydroxyl groups is 1. The van der Waals surface area contributed by atoms with E-state index in [1.807, 2.05) is 6.07 Å². The summed E-state index contributed by atoms with van der Waals surface area (Å²) in [4.78, 5) is 19.3. The van der Waals surface area contributed by atoms with Crippen LogP contribution in [0, 0.1) is 5.92 Å². The number of likely N-dealkylation sites (N-methyl/N-ethyl adjacent to an activating group) is 1. The average Bonchev–Trinajstić information content (AvgIpc) is 3.11. The van der Waals surface area contributed by atoms with Crippen molar-refractivity contribution in [3.63, 3.8) is 0 Å². The summed E-state index contributed by atoms with van der Waals surface area (Å²) in [5.74, 6) is 0.535. The van der Waals surface area contributed by atoms with Crippen LogP contribution in [-0.4, -0.2) is 57.5 Å². The zero-order valence-corrected chi connectivity index (χ0v) is 16.8. The number of nitrogens with zero attached hydrogens (tertiary/aromatic N) is 2. The Labute approximate surface area is 174 Å². The van der Waals surface area contributed by atoms with Gasteiger partial charge in [0.15, 0.2) is 23.3 Å². The van der Waals surface area contributed by atoms with Crippen LogP contribution in [0.4, 0.5) is 0 Å². The number of likely N-dealkylation sites (tertiary alicyclic amines) is 1. The number of aromatic nitrogens is 1. The number of carbonyl (C=O) groups excluding carboxylic acids is 1. The van der Waals surface area contributed by atoms with Gasteiger partial charge in [-0.3, -0.25) is 9.78 Å². The number of ether oxygens (including phenoxy) is 1. The van der Waals surface area contributed by atoms with Gasteiger partial charge in [0.25, 0.3) is 5.91 Å². The number of rotatable bonds is 2. The molecule has 7 heteroatoms. The lowest BCUT2D eigenvalue weighted by atomic mass is 9.50. The van der Waals surface area contributed by atoms with Gasteiger partial charge in [-0.05, 0) is 69.0 Å². The molecule has 2 bridgehead atoms. The molecule has 1 amide bonds. The van der Waals surface area contributed by atoms with Crippen molar-refractivity contribution in [3.05, 3.63) is 53.3 Å². The van der Waals surface area contributed by atoms with Gasteiger partial charge >= 0.3 is 0 Å². The molecule has 1 aromatic heterocycles. The third-order valence-electron chi connectivity index (χ3n) is 7.92. The number of amides is 1. The Morgan fingerprint density at radius 3 is 3.00 bits per heavy atom. The van der Waals surface area contributed by atoms with Gasteiger partial charge in [-0.25, -0.2) is 0 Å². The minimum Gasteiger partial charge on any atom is -0.504 e. The number of nitrogens with one attached hydrogen (secondary N) is 1. The molecule has 1 spiro atoms. The molecule has 156 valence electrons. The van der Waals surface area contributed by atoms with Gasteiger partial charge in [-0.15, -0.1) is 0 Å². The maximum Gasteiger partial charge on any atom is 0.255 e. The van der Waals surface area contributed by atoms with E-state index in [-0.39, 0.29) is 11.7 Å². The summed E-state index contributed by atoms with van der Waals surface area (Å²) >= 11 is 0. The van der Waals surface area contributed by atoms with Crippen LogP contribution < -0.4 is 10.1 Å². The zero-order chi connectivity index (χ0) is 20.7. The molecule has 2 aliphatic heterocycles. The smallest absolute Gasteiger partial charge is 0.255 e. The van der Waals surface area contributed by atoms with Crippen molar-refractivity contribution < 1.29 is 19.7 Å². The van der Waals surface area contributed by atoms with E-state index in [2.05, 4.69) is 22.2 Å². The minimum absolute atomic E-state index is 0.106. The highest BCUT2D eigenvalue weighted by Crippen LogP contribution is 2.64. The van der Waals surface area contributed by atoms with Gasteiger partial charge in [0.2, 0.25) is 0 Å². The highest BCUT2D eigenvalue weighted by Gasteiger charge is 2.69. The van der Waals surface area contributed by atoms with E-state index in [0.29, 0.717) is 29.7 Å². The molecule has 1 saturated carbocycles. The van der Waals surface area contributed by atoms with Crippen LogP contribution in [-0.2, 0) is 11.8 Å². The van der Waals surface area contributed by atoms with E-state index in [1.54, 1.807) is 24.4 Å². The fourth-order valence-corrected chi connectivity index (χ4v) is 6.66. The molecule has 1 saturated heterocycles. The summed E-state index contributed by atoms with van der Waals surface area (Å²) in [6.07, 6.45) is 5.40. The summed E-state index contributed by atoms with van der Waals surface area (Å²) in [5.41, 5.74) is 0.698. The number of aliphatic hydroxyl groups is 1. The van der Waals surface area contributed by atoms with Crippen molar-refractivity contribution in [2.24, 2.45) is 5.92 Å². The number of pyridine rings is 1. The van der Waals surface area contributed by atoms with E-state index in [9.17, 15) is 15.0 Å². The third-order valence-corrected chi connectivity index (χ3v) is 7.92. The first-order valence-electron chi connectivity index (χ1n) is 10.6. The molecule has 30 heavy (non-hydrogen) atoms. The molecule has 0 unspecified atom stereocenters. The molecule has 0 radical (unpaired) electrons. The number of piperidine rings is 1. The highest BCUT2D eigenvalue weighted by molar-refractivity contribution is 5.94. The number of hydrogen-bond donors (Lipinski definition) is 3. The highest BCUT2D eigenvalue weighted by atomic mass is 16.5. The van der Waals surface area contributed by atoms with E-state index in [4.69, 9.17) is 4.74 Å². The van der Waals surface area contributed by atoms with Crippen LogP contribution >= 0.6 is 0 Å². The lowest BCUT2D eigenvalue weighted by Crippen LogP contribution is -2.73. The van der Waals surface area contributed by atoms with Crippen LogP contribution in [0.25, 0.3) is 0 Å². The normalized spacial score (nSPS) is 36.0. The molecule has 6 rings (SSSR count). The minimum atomic E-state index is -1.52. The summed E-state index contributed by atoms with van der Waals surface area (Å²) < 4.78 is 6.35. The van der Waals surface area contributed by atoms with Gasteiger partial charge < -0.3 is 25.2 Å². The fourth-order valence-electron chi connectivity index (χ4n) is 6.66. The molecule has 7 nitrogen and oxygen atoms in total. The molecule has 4 aliphatic rings. The number of phenolic OH excluding ortho intramolecular Hbond substituents is 1. The number of hydrogen-bond acceptors (Lipinski definition) is 6. The molecule has 5 atom stereocenters. The molecule has 2 fully saturated rings. The lowest BCUT2D eigenvalue weighted by Gasteiger charge is -2.60. The standard InChI is InChI=1S/C23H25N3O4/c1-26-10-8-22-15-6-7-23(29,25-20(28)14-3-2-9-24-12-14)21(22)30-19-17(27)5-4-13(18(19)22)11-16(15)26/h2-5,9,12,15-16,21,27,29H,6-8,10-11H2,1H3,(H,25,28)/t15-,16+,21+,22-,23-/m0/s1. The first-order chi connectivity index (χ1) is 14.4. The summed E-state index contributed by atoms with van der Waals surface area (Å²) in [6, 6.07) is 7.42. The van der Waals surface area contributed by atoms with E-state index in [0.717, 1.165) is 31.4 Å². The largest absolute Gasteiger partial charge is 0.504 e. The maximum atomic E-state index is 12.9. The number of carbonyl (C=O) groups is 1. The Morgan fingerprint density at radius 2 is 2.20 bits per heavy atom. The Kier molecular flexibility index (Phi) is 3.60. The predicted octanol–water partition coefficient (Wildman–Crippen LogP) is 1.57. The van der Waals surface area contributed by atoms with Crippen molar-refractivity contribution in [2.45, 2.75) is 49.0 Å². The SMILES string of the molecule is CN1CC[C@]23c4c5ccc(O)c4O[C@H]2[C@](O)(NC(=O)c2cccnc2)CC[C@H]3[C@H]1C5. The third kappa shape index (κ3) is 2.17. The second-order valence-electron chi connectivity index (χ2n) is 9.25. The maximum absolute atomic E-state index is 12.9. The molecular weight excluding hydrogens is 382 g/mol. The van der Waals surface area contributed by atoms with Crippen LogP contribution in [0.3, 0.4) is 0 Å². The average molecular weight is 407 g/mol. The Morgan fingerprint density at radius 1 is 1.33 bits per heavy atom. The zero-order valence-electron chi connectivity index (χ0n) is 16.8. The van der Waals surface area contributed by atoms with Gasteiger partial charge in [-0.1, -0.05) is 6.07 Å². The molecule has 3 heterocycles. The molecular formula is C23H25N3O4. The number of benzene rings is 1. The van der Waals surface area contributed by atoms with Crippen LogP contribution in [0.15, 0.2) is 36.7 Å². The topological polar surface area (TPSA) is 94.9 Å². The molecule has 1 aromatic carbocycles. The van der Waals surface area contributed by atoms with Gasteiger partial charge in [0, 0.05) is 29.4 Å².